The van der Waals surface area contributed by atoms with Gasteiger partial charge in [0, 0.05) is 23.6 Å². The van der Waals surface area contributed by atoms with Crippen LogP contribution >= 0.6 is 11.6 Å². The van der Waals surface area contributed by atoms with Crippen molar-refractivity contribution in [2.24, 2.45) is 0 Å². The average molecular weight is 308 g/mol. The molecule has 21 heavy (non-hydrogen) atoms. The third-order valence-electron chi connectivity index (χ3n) is 2.62. The molecule has 0 fully saturated rings. The van der Waals surface area contributed by atoms with Crippen molar-refractivity contribution in [3.8, 4) is 0 Å². The molecule has 2 rings (SSSR count). The third-order valence-corrected chi connectivity index (χ3v) is 2.91. The molecule has 1 heterocycles. The molecule has 0 saturated carbocycles. The zero-order valence-corrected chi connectivity index (χ0v) is 12.4. The highest BCUT2D eigenvalue weighted by Crippen LogP contribution is 2.22. The summed E-state index contributed by atoms with van der Waals surface area (Å²) in [7, 11) is 0. The number of halogens is 2. The van der Waals surface area contributed by atoms with Gasteiger partial charge in [-0.25, -0.2) is 4.39 Å². The fourth-order valence-corrected chi connectivity index (χ4v) is 1.89. The zero-order valence-electron chi connectivity index (χ0n) is 11.7. The first-order valence-electron chi connectivity index (χ1n) is 6.44. The molecule has 1 amide bonds. The summed E-state index contributed by atoms with van der Waals surface area (Å²) in [6.45, 7) is 3.75. The predicted octanol–water partition coefficient (Wildman–Crippen LogP) is 3.76. The van der Waals surface area contributed by atoms with Crippen molar-refractivity contribution in [2.75, 3.05) is 5.32 Å². The molecule has 0 radical (unpaired) electrons. The molecule has 110 valence electrons. The normalized spacial score (nSPS) is 10.5. The number of amides is 1. The average Bonchev–Trinajstić information content (AvgIpc) is 2.42. The molecule has 6 heteroatoms. The van der Waals surface area contributed by atoms with Gasteiger partial charge in [-0.2, -0.15) is 0 Å². The Kier molecular flexibility index (Phi) is 4.75. The largest absolute Gasteiger partial charge is 0.355 e. The molecule has 4 nitrogen and oxygen atoms in total. The number of aromatic nitrogens is 1. The lowest BCUT2D eigenvalue weighted by molar-refractivity contribution is 0.0938. The number of pyridine rings is 1. The van der Waals surface area contributed by atoms with Crippen molar-refractivity contribution in [1.29, 1.82) is 0 Å². The molecule has 2 aromatic rings. The maximum Gasteiger partial charge on any atom is 0.270 e. The van der Waals surface area contributed by atoms with E-state index < -0.39 is 5.82 Å². The van der Waals surface area contributed by atoms with Crippen LogP contribution in [0.15, 0.2) is 36.5 Å². The summed E-state index contributed by atoms with van der Waals surface area (Å²) >= 11 is 5.73. The molecule has 0 saturated heterocycles. The smallest absolute Gasteiger partial charge is 0.270 e. The summed E-state index contributed by atoms with van der Waals surface area (Å²) in [4.78, 5) is 15.9. The van der Waals surface area contributed by atoms with Crippen LogP contribution in [0.25, 0.3) is 0 Å². The van der Waals surface area contributed by atoms with Gasteiger partial charge in [-0.3, -0.25) is 9.78 Å². The SMILES string of the molecule is CC(C)NC(=O)c1cc(Nc2ccc(F)c(Cl)c2)ccn1. The van der Waals surface area contributed by atoms with Crippen molar-refractivity contribution >= 4 is 28.9 Å². The standard InChI is InChI=1S/C15H15ClFN3O/c1-9(2)19-15(21)14-8-11(5-6-18-14)20-10-3-4-13(17)12(16)7-10/h3-9H,1-2H3,(H,18,20)(H,19,21). The van der Waals surface area contributed by atoms with E-state index in [1.54, 1.807) is 18.2 Å². The van der Waals surface area contributed by atoms with E-state index in [4.69, 9.17) is 11.6 Å². The summed E-state index contributed by atoms with van der Waals surface area (Å²) in [5.74, 6) is -0.722. The summed E-state index contributed by atoms with van der Waals surface area (Å²) in [5, 5.41) is 5.85. The molecule has 1 aromatic heterocycles. The number of anilines is 2. The van der Waals surface area contributed by atoms with Gasteiger partial charge in [-0.15, -0.1) is 0 Å². The minimum atomic E-state index is -0.478. The summed E-state index contributed by atoms with van der Waals surface area (Å²) in [5.41, 5.74) is 1.60. The van der Waals surface area contributed by atoms with Gasteiger partial charge >= 0.3 is 0 Å². The van der Waals surface area contributed by atoms with Crippen LogP contribution in [0.1, 0.15) is 24.3 Å². The van der Waals surface area contributed by atoms with Gasteiger partial charge in [0.05, 0.1) is 5.02 Å². The lowest BCUT2D eigenvalue weighted by Crippen LogP contribution is -2.30. The van der Waals surface area contributed by atoms with Crippen molar-refractivity contribution in [3.63, 3.8) is 0 Å². The monoisotopic (exact) mass is 307 g/mol. The molecule has 0 aliphatic rings. The Balaban J connectivity index is 2.17. The van der Waals surface area contributed by atoms with E-state index in [9.17, 15) is 9.18 Å². The number of hydrogen-bond acceptors (Lipinski definition) is 3. The Morgan fingerprint density at radius 1 is 1.24 bits per heavy atom. The molecule has 0 atom stereocenters. The molecule has 0 aliphatic carbocycles. The summed E-state index contributed by atoms with van der Waals surface area (Å²) in [6.07, 6.45) is 1.53. The van der Waals surface area contributed by atoms with Crippen LogP contribution in [-0.4, -0.2) is 16.9 Å². The van der Waals surface area contributed by atoms with Gasteiger partial charge in [0.25, 0.3) is 5.91 Å². The van der Waals surface area contributed by atoms with Crippen LogP contribution in [0.4, 0.5) is 15.8 Å². The maximum atomic E-state index is 13.1. The molecule has 2 N–H and O–H groups in total. The first-order valence-corrected chi connectivity index (χ1v) is 6.82. The quantitative estimate of drug-likeness (QED) is 0.904. The van der Waals surface area contributed by atoms with E-state index in [-0.39, 0.29) is 17.0 Å². The van der Waals surface area contributed by atoms with Gasteiger partial charge in [-0.1, -0.05) is 11.6 Å². The number of nitrogens with one attached hydrogen (secondary N) is 2. The van der Waals surface area contributed by atoms with Crippen LogP contribution in [0.3, 0.4) is 0 Å². The Morgan fingerprint density at radius 2 is 1.95 bits per heavy atom. The predicted molar refractivity (Wildman–Crippen MR) is 81.5 cm³/mol. The fourth-order valence-electron chi connectivity index (χ4n) is 1.71. The van der Waals surface area contributed by atoms with Gasteiger partial charge in [0.1, 0.15) is 11.5 Å². The number of carbonyl (C=O) groups is 1. The lowest BCUT2D eigenvalue weighted by atomic mass is 10.2. The number of hydrogen-bond donors (Lipinski definition) is 2. The topological polar surface area (TPSA) is 54.0 Å². The first-order chi connectivity index (χ1) is 9.95. The van der Waals surface area contributed by atoms with E-state index in [1.807, 2.05) is 13.8 Å². The van der Waals surface area contributed by atoms with E-state index in [0.29, 0.717) is 17.1 Å². The maximum absolute atomic E-state index is 13.1. The molecular weight excluding hydrogens is 293 g/mol. The minimum Gasteiger partial charge on any atom is -0.355 e. The second kappa shape index (κ2) is 6.54. The Labute approximate surface area is 127 Å². The second-order valence-electron chi connectivity index (χ2n) is 4.81. The van der Waals surface area contributed by atoms with Gasteiger partial charge in [0.15, 0.2) is 0 Å². The van der Waals surface area contributed by atoms with Crippen LogP contribution in [0.2, 0.25) is 5.02 Å². The summed E-state index contributed by atoms with van der Waals surface area (Å²) in [6, 6.07) is 7.68. The van der Waals surface area contributed by atoms with Crippen molar-refractivity contribution in [2.45, 2.75) is 19.9 Å². The number of carbonyl (C=O) groups excluding carboxylic acids is 1. The van der Waals surface area contributed by atoms with Crippen LogP contribution in [0, 0.1) is 5.82 Å². The van der Waals surface area contributed by atoms with Crippen LogP contribution < -0.4 is 10.6 Å². The second-order valence-corrected chi connectivity index (χ2v) is 5.22. The number of benzene rings is 1. The van der Waals surface area contributed by atoms with Gasteiger partial charge in [-0.05, 0) is 44.2 Å². The third kappa shape index (κ3) is 4.16. The van der Waals surface area contributed by atoms with E-state index in [0.717, 1.165) is 0 Å². The highest BCUT2D eigenvalue weighted by atomic mass is 35.5. The lowest BCUT2D eigenvalue weighted by Gasteiger charge is -2.10. The molecular formula is C15H15ClFN3O. The molecule has 1 aromatic carbocycles. The van der Waals surface area contributed by atoms with E-state index >= 15 is 0 Å². The van der Waals surface area contributed by atoms with Gasteiger partial charge in [0.2, 0.25) is 0 Å². The Morgan fingerprint density at radius 3 is 2.62 bits per heavy atom. The highest BCUT2D eigenvalue weighted by molar-refractivity contribution is 6.31. The molecule has 0 bridgehead atoms. The van der Waals surface area contributed by atoms with E-state index in [1.165, 1.54) is 18.3 Å². The molecule has 0 unspecified atom stereocenters. The first kappa shape index (κ1) is 15.3. The summed E-state index contributed by atoms with van der Waals surface area (Å²) < 4.78 is 13.1. The molecule has 0 aliphatic heterocycles. The molecule has 0 spiro atoms. The fraction of sp³-hybridized carbons (Fsp3) is 0.200. The van der Waals surface area contributed by atoms with Crippen LogP contribution in [-0.2, 0) is 0 Å². The zero-order chi connectivity index (χ0) is 15.4. The minimum absolute atomic E-state index is 0.0341. The Bertz CT molecular complexity index is 661. The van der Waals surface area contributed by atoms with Gasteiger partial charge < -0.3 is 10.6 Å². The number of rotatable bonds is 4. The van der Waals surface area contributed by atoms with Crippen molar-refractivity contribution < 1.29 is 9.18 Å². The van der Waals surface area contributed by atoms with Crippen molar-refractivity contribution in [1.82, 2.24) is 10.3 Å². The highest BCUT2D eigenvalue weighted by Gasteiger charge is 2.09. The van der Waals surface area contributed by atoms with Crippen LogP contribution in [0.5, 0.6) is 0 Å². The van der Waals surface area contributed by atoms with E-state index in [2.05, 4.69) is 15.6 Å². The number of nitrogens with zero attached hydrogens (tertiary/aromatic N) is 1. The van der Waals surface area contributed by atoms with Crippen molar-refractivity contribution in [3.05, 3.63) is 53.1 Å². The Hall–Kier alpha value is -2.14.